The van der Waals surface area contributed by atoms with Gasteiger partial charge in [0.2, 0.25) is 5.91 Å². The molecule has 0 aliphatic carbocycles. The monoisotopic (exact) mass is 401 g/mol. The maximum Gasteiger partial charge on any atom is 0.248 e. The number of nitrogens with zero attached hydrogens (tertiary/aromatic N) is 2. The molecule has 3 aromatic rings. The number of ether oxygens (including phenoxy) is 2. The highest BCUT2D eigenvalue weighted by Gasteiger charge is 2.10. The number of carbonyl (C=O) groups is 1. The maximum atomic E-state index is 12.3. The summed E-state index contributed by atoms with van der Waals surface area (Å²) in [6.07, 6.45) is 6.66. The fourth-order valence-electron chi connectivity index (χ4n) is 3.15. The van der Waals surface area contributed by atoms with Crippen LogP contribution >= 0.6 is 0 Å². The van der Waals surface area contributed by atoms with E-state index in [1.54, 1.807) is 36.7 Å². The zero-order chi connectivity index (χ0) is 20.6. The van der Waals surface area contributed by atoms with Crippen molar-refractivity contribution in [1.82, 2.24) is 4.98 Å². The first kappa shape index (κ1) is 19.7. The Morgan fingerprint density at radius 2 is 1.77 bits per heavy atom. The van der Waals surface area contributed by atoms with Crippen LogP contribution in [0.4, 0.5) is 11.4 Å². The molecular formula is C24H23N3O3. The average Bonchev–Trinajstić information content (AvgIpc) is 2.80. The molecule has 6 heteroatoms. The third-order valence-electron chi connectivity index (χ3n) is 4.68. The van der Waals surface area contributed by atoms with Gasteiger partial charge in [-0.05, 0) is 48.0 Å². The van der Waals surface area contributed by atoms with Gasteiger partial charge in [-0.25, -0.2) is 0 Å². The van der Waals surface area contributed by atoms with E-state index in [0.717, 1.165) is 31.9 Å². The van der Waals surface area contributed by atoms with Crippen LogP contribution in [0.1, 0.15) is 5.56 Å². The topological polar surface area (TPSA) is 63.7 Å². The Morgan fingerprint density at radius 3 is 2.53 bits per heavy atom. The van der Waals surface area contributed by atoms with E-state index in [9.17, 15) is 4.79 Å². The van der Waals surface area contributed by atoms with Crippen molar-refractivity contribution in [3.05, 3.63) is 84.7 Å². The molecule has 152 valence electrons. The van der Waals surface area contributed by atoms with Gasteiger partial charge >= 0.3 is 0 Å². The number of nitrogens with one attached hydrogen (secondary N) is 1. The van der Waals surface area contributed by atoms with Crippen molar-refractivity contribution in [1.29, 1.82) is 0 Å². The Morgan fingerprint density at radius 1 is 1.00 bits per heavy atom. The third-order valence-corrected chi connectivity index (χ3v) is 4.68. The summed E-state index contributed by atoms with van der Waals surface area (Å²) < 4.78 is 11.2. The van der Waals surface area contributed by atoms with Crippen molar-refractivity contribution >= 4 is 23.4 Å². The van der Waals surface area contributed by atoms with E-state index in [2.05, 4.69) is 27.3 Å². The van der Waals surface area contributed by atoms with Gasteiger partial charge in [-0.3, -0.25) is 9.78 Å². The summed E-state index contributed by atoms with van der Waals surface area (Å²) in [4.78, 5) is 18.6. The summed E-state index contributed by atoms with van der Waals surface area (Å²) in [5.74, 6) is 1.13. The summed E-state index contributed by atoms with van der Waals surface area (Å²) in [5.41, 5.74) is 2.81. The van der Waals surface area contributed by atoms with E-state index in [1.807, 2.05) is 30.3 Å². The van der Waals surface area contributed by atoms with Crippen LogP contribution in [-0.2, 0) is 9.53 Å². The smallest absolute Gasteiger partial charge is 0.248 e. The second kappa shape index (κ2) is 9.71. The standard InChI is InChI=1S/C24H23N3O3/c28-24(9-6-19-4-7-21(8-5-19)27-14-16-29-17-15-27)26-20-2-1-3-23(18-20)30-22-10-12-25-13-11-22/h1-13,18H,14-17H2,(H,26,28)/b9-6+. The number of rotatable bonds is 6. The van der Waals surface area contributed by atoms with Gasteiger partial charge < -0.3 is 19.7 Å². The lowest BCUT2D eigenvalue weighted by Gasteiger charge is -2.28. The van der Waals surface area contributed by atoms with Crippen molar-refractivity contribution in [2.24, 2.45) is 0 Å². The zero-order valence-corrected chi connectivity index (χ0v) is 16.5. The van der Waals surface area contributed by atoms with Crippen LogP contribution in [0.25, 0.3) is 6.08 Å². The highest BCUT2D eigenvalue weighted by molar-refractivity contribution is 6.02. The van der Waals surface area contributed by atoms with Gasteiger partial charge in [0.15, 0.2) is 0 Å². The summed E-state index contributed by atoms with van der Waals surface area (Å²) in [5, 5.41) is 2.86. The molecular weight excluding hydrogens is 378 g/mol. The van der Waals surface area contributed by atoms with Gasteiger partial charge in [-0.15, -0.1) is 0 Å². The fourth-order valence-corrected chi connectivity index (χ4v) is 3.15. The molecule has 0 saturated carbocycles. The van der Waals surface area contributed by atoms with Crippen molar-refractivity contribution in [3.63, 3.8) is 0 Å². The molecule has 2 heterocycles. The lowest BCUT2D eigenvalue weighted by atomic mass is 10.1. The molecule has 2 aromatic carbocycles. The van der Waals surface area contributed by atoms with E-state index in [4.69, 9.17) is 9.47 Å². The first-order valence-corrected chi connectivity index (χ1v) is 9.86. The lowest BCUT2D eigenvalue weighted by Crippen LogP contribution is -2.36. The van der Waals surface area contributed by atoms with Crippen molar-refractivity contribution in [2.75, 3.05) is 36.5 Å². The number of hydrogen-bond donors (Lipinski definition) is 1. The van der Waals surface area contributed by atoms with E-state index in [-0.39, 0.29) is 5.91 Å². The van der Waals surface area contributed by atoms with Crippen molar-refractivity contribution < 1.29 is 14.3 Å². The Balaban J connectivity index is 1.34. The van der Waals surface area contributed by atoms with Gasteiger partial charge in [0.1, 0.15) is 11.5 Å². The van der Waals surface area contributed by atoms with Crippen molar-refractivity contribution in [3.8, 4) is 11.5 Å². The predicted molar refractivity (Wildman–Crippen MR) is 118 cm³/mol. The van der Waals surface area contributed by atoms with Crippen LogP contribution in [0.3, 0.4) is 0 Å². The minimum Gasteiger partial charge on any atom is -0.457 e. The SMILES string of the molecule is O=C(/C=C/c1ccc(N2CCOCC2)cc1)Nc1cccc(Oc2ccncc2)c1. The fraction of sp³-hybridized carbons (Fsp3) is 0.167. The molecule has 6 nitrogen and oxygen atoms in total. The number of benzene rings is 2. The van der Waals surface area contributed by atoms with E-state index in [1.165, 1.54) is 11.8 Å². The minimum atomic E-state index is -0.201. The molecule has 0 spiro atoms. The van der Waals surface area contributed by atoms with Gasteiger partial charge in [0, 0.05) is 49.0 Å². The first-order chi connectivity index (χ1) is 14.8. The minimum absolute atomic E-state index is 0.201. The molecule has 1 fully saturated rings. The van der Waals surface area contributed by atoms with Crippen LogP contribution < -0.4 is 15.0 Å². The van der Waals surface area contributed by atoms with E-state index >= 15 is 0 Å². The molecule has 1 aliphatic rings. The average molecular weight is 401 g/mol. The Labute approximate surface area is 175 Å². The Hall–Kier alpha value is -3.64. The van der Waals surface area contributed by atoms with Crippen LogP contribution in [0.15, 0.2) is 79.1 Å². The number of hydrogen-bond acceptors (Lipinski definition) is 5. The van der Waals surface area contributed by atoms with Crippen molar-refractivity contribution in [2.45, 2.75) is 0 Å². The second-order valence-electron chi connectivity index (χ2n) is 6.83. The van der Waals surface area contributed by atoms with Gasteiger partial charge in [-0.1, -0.05) is 18.2 Å². The Bertz CT molecular complexity index is 998. The van der Waals surface area contributed by atoms with E-state index < -0.39 is 0 Å². The van der Waals surface area contributed by atoms with E-state index in [0.29, 0.717) is 17.2 Å². The molecule has 0 bridgehead atoms. The number of aromatic nitrogens is 1. The van der Waals surface area contributed by atoms with Gasteiger partial charge in [-0.2, -0.15) is 0 Å². The van der Waals surface area contributed by atoms with Crippen LogP contribution in [-0.4, -0.2) is 37.2 Å². The van der Waals surface area contributed by atoms with Gasteiger partial charge in [0.25, 0.3) is 0 Å². The quantitative estimate of drug-likeness (QED) is 0.622. The summed E-state index contributed by atoms with van der Waals surface area (Å²) in [7, 11) is 0. The lowest BCUT2D eigenvalue weighted by molar-refractivity contribution is -0.111. The van der Waals surface area contributed by atoms with Crippen LogP contribution in [0.5, 0.6) is 11.5 Å². The molecule has 1 N–H and O–H groups in total. The molecule has 4 rings (SSSR count). The highest BCUT2D eigenvalue weighted by Crippen LogP contribution is 2.23. The number of carbonyl (C=O) groups excluding carboxylic acids is 1. The Kier molecular flexibility index (Phi) is 6.37. The summed E-state index contributed by atoms with van der Waals surface area (Å²) in [6.45, 7) is 3.33. The third kappa shape index (κ3) is 5.46. The molecule has 0 radical (unpaired) electrons. The first-order valence-electron chi connectivity index (χ1n) is 9.86. The molecule has 1 aliphatic heterocycles. The van der Waals surface area contributed by atoms with Crippen LogP contribution in [0.2, 0.25) is 0 Å². The zero-order valence-electron chi connectivity index (χ0n) is 16.5. The largest absolute Gasteiger partial charge is 0.457 e. The number of anilines is 2. The second-order valence-corrected chi connectivity index (χ2v) is 6.83. The highest BCUT2D eigenvalue weighted by atomic mass is 16.5. The van der Waals surface area contributed by atoms with Crippen LogP contribution in [0, 0.1) is 0 Å². The van der Waals surface area contributed by atoms with Gasteiger partial charge in [0.05, 0.1) is 13.2 Å². The number of pyridine rings is 1. The number of amides is 1. The number of morpholine rings is 1. The molecule has 1 saturated heterocycles. The molecule has 0 unspecified atom stereocenters. The molecule has 0 atom stereocenters. The molecule has 1 aromatic heterocycles. The molecule has 1 amide bonds. The normalized spacial score (nSPS) is 13.9. The summed E-state index contributed by atoms with van der Waals surface area (Å²) >= 11 is 0. The maximum absolute atomic E-state index is 12.3. The predicted octanol–water partition coefficient (Wildman–Crippen LogP) is 4.36. The summed E-state index contributed by atoms with van der Waals surface area (Å²) in [6, 6.07) is 19.0. The molecule has 30 heavy (non-hydrogen) atoms.